The van der Waals surface area contributed by atoms with Gasteiger partial charge in [0.25, 0.3) is 0 Å². The maximum Gasteiger partial charge on any atom is 0.126 e. The third-order valence-electron chi connectivity index (χ3n) is 2.87. The van der Waals surface area contributed by atoms with Crippen molar-refractivity contribution in [2.24, 2.45) is 0 Å². The summed E-state index contributed by atoms with van der Waals surface area (Å²) < 4.78 is 26.0. The van der Waals surface area contributed by atoms with E-state index in [-0.39, 0.29) is 6.04 Å². The first kappa shape index (κ1) is 14.1. The van der Waals surface area contributed by atoms with Crippen molar-refractivity contribution in [2.45, 2.75) is 26.3 Å². The van der Waals surface area contributed by atoms with Crippen LogP contribution in [0.1, 0.15) is 29.2 Å². The molecule has 0 spiro atoms. The van der Waals surface area contributed by atoms with Gasteiger partial charge in [-0.2, -0.15) is 0 Å². The van der Waals surface area contributed by atoms with Gasteiger partial charge in [0.2, 0.25) is 0 Å². The molecule has 0 aliphatic carbocycles. The lowest BCUT2D eigenvalue weighted by atomic mass is 10.1. The molecule has 19 heavy (non-hydrogen) atoms. The van der Waals surface area contributed by atoms with E-state index >= 15 is 0 Å². The second kappa shape index (κ2) is 6.21. The topological polar surface area (TPSA) is 24.9 Å². The molecule has 1 heterocycles. The van der Waals surface area contributed by atoms with E-state index in [1.807, 2.05) is 19.2 Å². The van der Waals surface area contributed by atoms with Crippen LogP contribution in [-0.4, -0.2) is 11.5 Å². The van der Waals surface area contributed by atoms with Gasteiger partial charge in [-0.05, 0) is 44.5 Å². The fourth-order valence-electron chi connectivity index (χ4n) is 1.87. The smallest absolute Gasteiger partial charge is 0.126 e. The van der Waals surface area contributed by atoms with E-state index in [2.05, 4.69) is 10.3 Å². The Kier molecular flexibility index (Phi) is 4.61. The molecule has 0 radical (unpaired) electrons. The first-order valence-corrected chi connectivity index (χ1v) is 7.03. The summed E-state index contributed by atoms with van der Waals surface area (Å²) in [5.41, 5.74) is 1.67. The van der Waals surface area contributed by atoms with Crippen molar-refractivity contribution in [2.75, 3.05) is 6.54 Å². The van der Waals surface area contributed by atoms with Gasteiger partial charge in [-0.15, -0.1) is 11.3 Å². The zero-order valence-electron chi connectivity index (χ0n) is 10.9. The van der Waals surface area contributed by atoms with Gasteiger partial charge in [0.15, 0.2) is 0 Å². The Morgan fingerprint density at radius 2 is 1.95 bits per heavy atom. The third-order valence-corrected chi connectivity index (χ3v) is 3.66. The summed E-state index contributed by atoms with van der Waals surface area (Å²) in [6.07, 6.45) is 0.585. The Labute approximate surface area is 115 Å². The van der Waals surface area contributed by atoms with Gasteiger partial charge >= 0.3 is 0 Å². The average molecular weight is 282 g/mol. The molecule has 2 aromatic rings. The van der Waals surface area contributed by atoms with Crippen LogP contribution in [0, 0.1) is 18.6 Å². The molecule has 1 N–H and O–H groups in total. The molecule has 2 nitrogen and oxygen atoms in total. The number of thiazole rings is 1. The van der Waals surface area contributed by atoms with E-state index in [1.165, 1.54) is 12.1 Å². The van der Waals surface area contributed by atoms with E-state index in [0.717, 1.165) is 16.8 Å². The van der Waals surface area contributed by atoms with Crippen LogP contribution in [0.2, 0.25) is 0 Å². The fraction of sp³-hybridized carbons (Fsp3) is 0.357. The molecule has 0 aliphatic rings. The summed E-state index contributed by atoms with van der Waals surface area (Å²) in [5, 5.41) is 6.36. The molecule has 5 heteroatoms. The number of nitrogens with one attached hydrogen (secondary N) is 1. The molecule has 0 saturated heterocycles. The van der Waals surface area contributed by atoms with Crippen molar-refractivity contribution < 1.29 is 8.78 Å². The lowest BCUT2D eigenvalue weighted by Crippen LogP contribution is -2.21. The summed E-state index contributed by atoms with van der Waals surface area (Å²) in [4.78, 5) is 4.40. The Bertz CT molecular complexity index is 534. The van der Waals surface area contributed by atoms with Crippen LogP contribution in [0.15, 0.2) is 23.6 Å². The highest BCUT2D eigenvalue weighted by atomic mass is 32.1. The normalized spacial score (nSPS) is 12.6. The lowest BCUT2D eigenvalue weighted by Gasteiger charge is -2.11. The molecule has 1 atom stereocenters. The third kappa shape index (κ3) is 4.08. The van der Waals surface area contributed by atoms with Crippen LogP contribution >= 0.6 is 11.3 Å². The van der Waals surface area contributed by atoms with Crippen LogP contribution in [0.25, 0.3) is 0 Å². The second-order valence-corrected chi connectivity index (χ2v) is 5.56. The number of aromatic nitrogens is 1. The van der Waals surface area contributed by atoms with E-state index in [1.54, 1.807) is 11.3 Å². The minimum Gasteiger partial charge on any atom is -0.308 e. The highest BCUT2D eigenvalue weighted by Crippen LogP contribution is 2.15. The molecule has 0 saturated carbocycles. The van der Waals surface area contributed by atoms with Crippen molar-refractivity contribution in [1.82, 2.24) is 10.3 Å². The van der Waals surface area contributed by atoms with E-state index in [4.69, 9.17) is 0 Å². The van der Waals surface area contributed by atoms with Gasteiger partial charge < -0.3 is 5.32 Å². The molecule has 0 amide bonds. The maximum atomic E-state index is 13.0. The molecular weight excluding hydrogens is 266 g/mol. The van der Waals surface area contributed by atoms with E-state index in [9.17, 15) is 8.78 Å². The summed E-state index contributed by atoms with van der Waals surface area (Å²) >= 11 is 1.62. The second-order valence-electron chi connectivity index (χ2n) is 4.49. The SMILES string of the molecule is Cc1nc(C(C)NCCc2cc(F)cc(F)c2)cs1. The van der Waals surface area contributed by atoms with E-state index < -0.39 is 11.6 Å². The number of halogens is 2. The molecule has 0 fully saturated rings. The van der Waals surface area contributed by atoms with Crippen molar-refractivity contribution in [3.8, 4) is 0 Å². The van der Waals surface area contributed by atoms with Crippen molar-refractivity contribution in [3.63, 3.8) is 0 Å². The van der Waals surface area contributed by atoms with Crippen LogP contribution in [0.3, 0.4) is 0 Å². The van der Waals surface area contributed by atoms with Crippen molar-refractivity contribution in [3.05, 3.63) is 51.5 Å². The van der Waals surface area contributed by atoms with Crippen LogP contribution < -0.4 is 5.32 Å². The van der Waals surface area contributed by atoms with Crippen molar-refractivity contribution in [1.29, 1.82) is 0 Å². The first-order valence-electron chi connectivity index (χ1n) is 6.15. The number of hydrogen-bond donors (Lipinski definition) is 1. The molecule has 0 bridgehead atoms. The lowest BCUT2D eigenvalue weighted by molar-refractivity contribution is 0.557. The quantitative estimate of drug-likeness (QED) is 0.906. The summed E-state index contributed by atoms with van der Waals surface area (Å²) in [5.74, 6) is -1.06. The number of rotatable bonds is 5. The van der Waals surface area contributed by atoms with Gasteiger partial charge in [-0.25, -0.2) is 13.8 Å². The number of nitrogens with zero attached hydrogens (tertiary/aromatic N) is 1. The van der Waals surface area contributed by atoms with Gasteiger partial charge in [0.1, 0.15) is 11.6 Å². The number of hydrogen-bond acceptors (Lipinski definition) is 3. The summed E-state index contributed by atoms with van der Waals surface area (Å²) in [6.45, 7) is 4.65. The summed E-state index contributed by atoms with van der Waals surface area (Å²) in [6, 6.07) is 3.76. The zero-order chi connectivity index (χ0) is 13.8. The largest absolute Gasteiger partial charge is 0.308 e. The van der Waals surface area contributed by atoms with Crippen molar-refractivity contribution >= 4 is 11.3 Å². The van der Waals surface area contributed by atoms with Gasteiger partial charge in [-0.3, -0.25) is 0 Å². The Hall–Kier alpha value is -1.33. The van der Waals surface area contributed by atoms with Gasteiger partial charge in [0, 0.05) is 17.5 Å². The van der Waals surface area contributed by atoms with Crippen LogP contribution in [0.4, 0.5) is 8.78 Å². The highest BCUT2D eigenvalue weighted by Gasteiger charge is 2.08. The first-order chi connectivity index (χ1) is 9.04. The van der Waals surface area contributed by atoms with E-state index in [0.29, 0.717) is 18.5 Å². The van der Waals surface area contributed by atoms with Gasteiger partial charge in [0.05, 0.1) is 10.7 Å². The molecule has 102 valence electrons. The minimum absolute atomic E-state index is 0.142. The zero-order valence-corrected chi connectivity index (χ0v) is 11.7. The molecule has 2 rings (SSSR count). The molecule has 1 unspecified atom stereocenters. The Morgan fingerprint density at radius 3 is 2.53 bits per heavy atom. The Morgan fingerprint density at radius 1 is 1.26 bits per heavy atom. The average Bonchev–Trinajstić information content (AvgIpc) is 2.74. The van der Waals surface area contributed by atoms with Crippen LogP contribution in [-0.2, 0) is 6.42 Å². The fourth-order valence-corrected chi connectivity index (χ4v) is 2.58. The standard InChI is InChI=1S/C14H16F2N2S/c1-9(14-8-19-10(2)18-14)17-4-3-11-5-12(15)7-13(16)6-11/h5-9,17H,3-4H2,1-2H3. The molecule has 0 aliphatic heterocycles. The minimum atomic E-state index is -0.529. The molecular formula is C14H16F2N2S. The highest BCUT2D eigenvalue weighted by molar-refractivity contribution is 7.09. The monoisotopic (exact) mass is 282 g/mol. The predicted molar refractivity (Wildman–Crippen MR) is 73.3 cm³/mol. The maximum absolute atomic E-state index is 13.0. The molecule has 1 aromatic heterocycles. The number of aryl methyl sites for hydroxylation is 1. The van der Waals surface area contributed by atoms with Crippen LogP contribution in [0.5, 0.6) is 0 Å². The van der Waals surface area contributed by atoms with Gasteiger partial charge in [-0.1, -0.05) is 0 Å². The number of benzene rings is 1. The molecule has 1 aromatic carbocycles. The predicted octanol–water partition coefficient (Wildman–Crippen LogP) is 3.62. The Balaban J connectivity index is 1.86. The summed E-state index contributed by atoms with van der Waals surface area (Å²) in [7, 11) is 0.